The number of benzene rings is 1. The van der Waals surface area contributed by atoms with Crippen molar-refractivity contribution in [3.8, 4) is 0 Å². The lowest BCUT2D eigenvalue weighted by molar-refractivity contribution is 0.0265. The van der Waals surface area contributed by atoms with E-state index in [1.54, 1.807) is 12.1 Å². The minimum atomic E-state index is -3.52. The third-order valence-corrected chi connectivity index (χ3v) is 5.49. The first-order chi connectivity index (χ1) is 9.82. The van der Waals surface area contributed by atoms with Crippen LogP contribution in [0.15, 0.2) is 29.2 Å². The Labute approximate surface area is 130 Å². The Balaban J connectivity index is 2.05. The van der Waals surface area contributed by atoms with Gasteiger partial charge in [-0.2, -0.15) is 0 Å². The van der Waals surface area contributed by atoms with Gasteiger partial charge in [0, 0.05) is 25.3 Å². The zero-order chi connectivity index (χ0) is 15.5. The number of ether oxygens (including phenoxy) is 1. The number of thiocarbonyl (C=S) groups is 1. The summed E-state index contributed by atoms with van der Waals surface area (Å²) in [6.07, 6.45) is 1.71. The van der Waals surface area contributed by atoms with Crippen LogP contribution in [-0.4, -0.2) is 33.2 Å². The van der Waals surface area contributed by atoms with Gasteiger partial charge < -0.3 is 10.5 Å². The van der Waals surface area contributed by atoms with Crippen LogP contribution in [0.3, 0.4) is 0 Å². The quantitative estimate of drug-likeness (QED) is 0.799. The Kier molecular flexibility index (Phi) is 4.98. The lowest BCUT2D eigenvalue weighted by Gasteiger charge is -2.33. The highest BCUT2D eigenvalue weighted by Gasteiger charge is 2.29. The molecule has 0 spiro atoms. The molecule has 0 atom stereocenters. The molecule has 1 aliphatic heterocycles. The van der Waals surface area contributed by atoms with Gasteiger partial charge >= 0.3 is 0 Å². The fourth-order valence-electron chi connectivity index (χ4n) is 2.19. The number of hydrogen-bond donors (Lipinski definition) is 2. The van der Waals surface area contributed by atoms with E-state index in [1.807, 2.05) is 0 Å². The summed E-state index contributed by atoms with van der Waals surface area (Å²) in [5.41, 5.74) is 6.10. The van der Waals surface area contributed by atoms with Crippen molar-refractivity contribution < 1.29 is 13.2 Å². The highest BCUT2D eigenvalue weighted by Crippen LogP contribution is 2.29. The monoisotopic (exact) mass is 328 g/mol. The summed E-state index contributed by atoms with van der Waals surface area (Å²) >= 11 is 4.85. The Morgan fingerprint density at radius 3 is 2.43 bits per heavy atom. The average molecular weight is 328 g/mol. The number of hydrogen-bond acceptors (Lipinski definition) is 4. The molecule has 0 amide bonds. The maximum Gasteiger partial charge on any atom is 0.240 e. The van der Waals surface area contributed by atoms with Gasteiger partial charge in [-0.05, 0) is 30.4 Å². The van der Waals surface area contributed by atoms with Crippen LogP contribution in [0.25, 0.3) is 0 Å². The molecule has 0 aromatic heterocycles. The fraction of sp³-hybridized carbons (Fsp3) is 0.500. The topological polar surface area (TPSA) is 81.4 Å². The van der Waals surface area contributed by atoms with Crippen LogP contribution in [0.5, 0.6) is 0 Å². The molecule has 1 fully saturated rings. The van der Waals surface area contributed by atoms with E-state index in [0.29, 0.717) is 25.3 Å². The Morgan fingerprint density at radius 1 is 1.33 bits per heavy atom. The molecule has 1 aromatic carbocycles. The van der Waals surface area contributed by atoms with Crippen molar-refractivity contribution in [2.75, 3.05) is 19.8 Å². The molecule has 1 aromatic rings. The molecule has 21 heavy (non-hydrogen) atoms. The van der Waals surface area contributed by atoms with Crippen molar-refractivity contribution in [2.24, 2.45) is 11.1 Å². The maximum atomic E-state index is 12.3. The molecule has 2 rings (SSSR count). The van der Waals surface area contributed by atoms with Crippen LogP contribution in [-0.2, 0) is 14.8 Å². The second-order valence-corrected chi connectivity index (χ2v) is 7.84. The molecule has 3 N–H and O–H groups in total. The minimum absolute atomic E-state index is 0.0515. The summed E-state index contributed by atoms with van der Waals surface area (Å²) in [4.78, 5) is 0.472. The Bertz CT molecular complexity index is 606. The molecule has 0 bridgehead atoms. The molecular formula is C14H20N2O3S2. The van der Waals surface area contributed by atoms with E-state index >= 15 is 0 Å². The number of sulfonamides is 1. The maximum absolute atomic E-state index is 12.3. The van der Waals surface area contributed by atoms with Gasteiger partial charge in [0.2, 0.25) is 10.0 Å². The zero-order valence-corrected chi connectivity index (χ0v) is 13.6. The lowest BCUT2D eigenvalue weighted by Crippen LogP contribution is -2.39. The predicted molar refractivity (Wildman–Crippen MR) is 85.7 cm³/mol. The lowest BCUT2D eigenvalue weighted by atomic mass is 9.83. The van der Waals surface area contributed by atoms with Crippen molar-refractivity contribution in [1.82, 2.24) is 4.72 Å². The molecule has 1 saturated heterocycles. The fourth-order valence-corrected chi connectivity index (χ4v) is 3.53. The molecule has 0 unspecified atom stereocenters. The summed E-state index contributed by atoms with van der Waals surface area (Å²) in [6.45, 7) is 3.85. The molecule has 0 radical (unpaired) electrons. The highest BCUT2D eigenvalue weighted by molar-refractivity contribution is 7.89. The molecule has 5 nitrogen and oxygen atoms in total. The van der Waals surface area contributed by atoms with Crippen LogP contribution in [0.2, 0.25) is 0 Å². The first kappa shape index (κ1) is 16.4. The number of nitrogens with two attached hydrogens (primary N) is 1. The Morgan fingerprint density at radius 2 is 1.90 bits per heavy atom. The highest BCUT2D eigenvalue weighted by atomic mass is 32.2. The van der Waals surface area contributed by atoms with Gasteiger partial charge in [0.1, 0.15) is 4.99 Å². The first-order valence-electron chi connectivity index (χ1n) is 6.80. The third-order valence-electron chi connectivity index (χ3n) is 3.84. The van der Waals surface area contributed by atoms with E-state index in [2.05, 4.69) is 11.6 Å². The molecule has 1 heterocycles. The van der Waals surface area contributed by atoms with Crippen LogP contribution < -0.4 is 10.5 Å². The Hall–Kier alpha value is -1.02. The van der Waals surface area contributed by atoms with Gasteiger partial charge in [-0.25, -0.2) is 13.1 Å². The molecule has 1 aliphatic rings. The van der Waals surface area contributed by atoms with E-state index in [9.17, 15) is 8.42 Å². The van der Waals surface area contributed by atoms with Crippen molar-refractivity contribution in [3.63, 3.8) is 0 Å². The predicted octanol–water partition coefficient (Wildman–Crippen LogP) is 1.42. The summed E-state index contributed by atoms with van der Waals surface area (Å²) < 4.78 is 32.6. The van der Waals surface area contributed by atoms with Gasteiger partial charge in [0.05, 0.1) is 4.90 Å². The van der Waals surface area contributed by atoms with E-state index in [4.69, 9.17) is 22.7 Å². The van der Waals surface area contributed by atoms with Gasteiger partial charge in [0.25, 0.3) is 0 Å². The van der Waals surface area contributed by atoms with Gasteiger partial charge in [-0.1, -0.05) is 31.3 Å². The number of rotatable bonds is 5. The molecular weight excluding hydrogens is 308 g/mol. The van der Waals surface area contributed by atoms with Gasteiger partial charge in [-0.3, -0.25) is 0 Å². The van der Waals surface area contributed by atoms with Crippen LogP contribution in [0.4, 0.5) is 0 Å². The van der Waals surface area contributed by atoms with Crippen molar-refractivity contribution in [2.45, 2.75) is 24.7 Å². The van der Waals surface area contributed by atoms with Crippen molar-refractivity contribution in [3.05, 3.63) is 29.8 Å². The first-order valence-corrected chi connectivity index (χ1v) is 8.69. The van der Waals surface area contributed by atoms with Crippen molar-refractivity contribution in [1.29, 1.82) is 0 Å². The van der Waals surface area contributed by atoms with Crippen LogP contribution in [0, 0.1) is 5.41 Å². The zero-order valence-electron chi connectivity index (χ0n) is 12.0. The molecule has 0 saturated carbocycles. The smallest absolute Gasteiger partial charge is 0.240 e. The van der Waals surface area contributed by atoms with E-state index in [-0.39, 0.29) is 15.3 Å². The summed E-state index contributed by atoms with van der Waals surface area (Å²) in [6, 6.07) is 6.27. The second-order valence-electron chi connectivity index (χ2n) is 5.64. The minimum Gasteiger partial charge on any atom is -0.389 e. The largest absolute Gasteiger partial charge is 0.389 e. The van der Waals surface area contributed by atoms with Crippen LogP contribution >= 0.6 is 12.2 Å². The average Bonchev–Trinajstić information content (AvgIpc) is 2.46. The van der Waals surface area contributed by atoms with E-state index in [1.165, 1.54) is 12.1 Å². The summed E-state index contributed by atoms with van der Waals surface area (Å²) in [5, 5.41) is 0. The summed E-state index contributed by atoms with van der Waals surface area (Å²) in [7, 11) is -3.52. The van der Waals surface area contributed by atoms with Crippen LogP contribution in [0.1, 0.15) is 25.3 Å². The molecule has 7 heteroatoms. The van der Waals surface area contributed by atoms with Gasteiger partial charge in [0.15, 0.2) is 0 Å². The molecule has 0 aliphatic carbocycles. The third kappa shape index (κ3) is 4.23. The standard InChI is InChI=1S/C14H20N2O3S2/c1-14(6-8-19-9-7-14)10-16-21(17,18)12-4-2-11(3-5-12)13(15)20/h2-5,16H,6-10H2,1H3,(H2,15,20). The van der Waals surface area contributed by atoms with Gasteiger partial charge in [-0.15, -0.1) is 0 Å². The van der Waals surface area contributed by atoms with E-state index in [0.717, 1.165) is 12.8 Å². The second kappa shape index (κ2) is 6.39. The number of nitrogens with one attached hydrogen (secondary N) is 1. The molecule has 116 valence electrons. The SMILES string of the molecule is CC1(CNS(=O)(=O)c2ccc(C(N)=S)cc2)CCOCC1. The van der Waals surface area contributed by atoms with Crippen molar-refractivity contribution >= 4 is 27.2 Å². The van der Waals surface area contributed by atoms with E-state index < -0.39 is 10.0 Å². The summed E-state index contributed by atoms with van der Waals surface area (Å²) in [5.74, 6) is 0. The normalized spacial score (nSPS) is 18.3.